The number of halogens is 1. The van der Waals surface area contributed by atoms with Crippen molar-refractivity contribution in [3.8, 4) is 5.75 Å². The normalized spacial score (nSPS) is 11.8. The fourth-order valence-electron chi connectivity index (χ4n) is 1.71. The number of hydrogen-bond donors (Lipinski definition) is 1. The predicted molar refractivity (Wildman–Crippen MR) is 81.5 cm³/mol. The van der Waals surface area contributed by atoms with Gasteiger partial charge < -0.3 is 9.84 Å². The highest BCUT2D eigenvalue weighted by molar-refractivity contribution is 14.1. The first-order valence-corrected chi connectivity index (χ1v) is 6.91. The molecule has 4 heteroatoms. The first kappa shape index (κ1) is 13.9. The van der Waals surface area contributed by atoms with Crippen LogP contribution in [0.3, 0.4) is 0 Å². The van der Waals surface area contributed by atoms with E-state index in [0.717, 1.165) is 9.13 Å². The van der Waals surface area contributed by atoms with E-state index in [1.807, 2.05) is 42.5 Å². The Morgan fingerprint density at radius 3 is 2.32 bits per heavy atom. The first-order valence-electron chi connectivity index (χ1n) is 5.83. The van der Waals surface area contributed by atoms with Crippen LogP contribution in [-0.4, -0.2) is 17.7 Å². The van der Waals surface area contributed by atoms with Crippen LogP contribution >= 0.6 is 22.6 Å². The van der Waals surface area contributed by atoms with E-state index in [1.165, 1.54) is 0 Å². The molecule has 1 N–H and O–H groups in total. The molecule has 0 aliphatic carbocycles. The van der Waals surface area contributed by atoms with Gasteiger partial charge in [0.1, 0.15) is 18.3 Å². The van der Waals surface area contributed by atoms with E-state index in [9.17, 15) is 9.90 Å². The molecule has 0 spiro atoms. The quantitative estimate of drug-likeness (QED) is 0.822. The minimum atomic E-state index is -0.878. The fraction of sp³-hybridized carbons (Fsp3) is 0.133. The zero-order chi connectivity index (χ0) is 13.7. The van der Waals surface area contributed by atoms with Gasteiger partial charge in [0, 0.05) is 3.57 Å². The summed E-state index contributed by atoms with van der Waals surface area (Å²) in [5, 5.41) is 9.27. The van der Waals surface area contributed by atoms with Crippen LogP contribution in [0.5, 0.6) is 5.75 Å². The minimum Gasteiger partial charge on any atom is -0.492 e. The van der Waals surface area contributed by atoms with E-state index in [2.05, 4.69) is 22.6 Å². The molecule has 0 saturated carbocycles. The van der Waals surface area contributed by atoms with Crippen LogP contribution in [0.1, 0.15) is 11.5 Å². The molecule has 0 aliphatic heterocycles. The molecule has 98 valence electrons. The van der Waals surface area contributed by atoms with Crippen LogP contribution in [-0.2, 0) is 4.79 Å². The summed E-state index contributed by atoms with van der Waals surface area (Å²) in [6.45, 7) is 0.125. The van der Waals surface area contributed by atoms with Crippen LogP contribution in [0.4, 0.5) is 0 Å². The smallest absolute Gasteiger partial charge is 0.314 e. The lowest BCUT2D eigenvalue weighted by Gasteiger charge is -2.14. The molecule has 2 aromatic rings. The highest BCUT2D eigenvalue weighted by Gasteiger charge is 2.20. The molecule has 0 aliphatic rings. The van der Waals surface area contributed by atoms with Crippen molar-refractivity contribution in [1.82, 2.24) is 0 Å². The molecule has 0 heterocycles. The van der Waals surface area contributed by atoms with Crippen LogP contribution in [0, 0.1) is 3.57 Å². The Morgan fingerprint density at radius 2 is 1.74 bits per heavy atom. The molecule has 2 aromatic carbocycles. The minimum absolute atomic E-state index is 0.125. The number of ether oxygens (including phenoxy) is 1. The van der Waals surface area contributed by atoms with Crippen molar-refractivity contribution in [3.63, 3.8) is 0 Å². The summed E-state index contributed by atoms with van der Waals surface area (Å²) in [6, 6.07) is 16.7. The number of aliphatic carboxylic acids is 1. The molecule has 0 aromatic heterocycles. The van der Waals surface area contributed by atoms with Crippen LogP contribution in [0.15, 0.2) is 54.6 Å². The molecular weight excluding hydrogens is 355 g/mol. The van der Waals surface area contributed by atoms with Gasteiger partial charge in [0.2, 0.25) is 0 Å². The summed E-state index contributed by atoms with van der Waals surface area (Å²) >= 11 is 2.21. The lowest BCUT2D eigenvalue weighted by Crippen LogP contribution is -2.19. The Bertz CT molecular complexity index is 537. The Labute approximate surface area is 125 Å². The van der Waals surface area contributed by atoms with E-state index < -0.39 is 11.9 Å². The fourth-order valence-corrected chi connectivity index (χ4v) is 2.07. The standard InChI is InChI=1S/C15H13IO3/c16-12-6-8-13(9-7-12)19-10-14(15(17)18)11-4-2-1-3-5-11/h1-9,14H,10H2,(H,17,18). The average Bonchev–Trinajstić information content (AvgIpc) is 2.42. The van der Waals surface area contributed by atoms with Gasteiger partial charge in [-0.25, -0.2) is 0 Å². The van der Waals surface area contributed by atoms with Gasteiger partial charge in [-0.3, -0.25) is 4.79 Å². The molecule has 1 unspecified atom stereocenters. The van der Waals surface area contributed by atoms with Crippen LogP contribution < -0.4 is 4.74 Å². The van der Waals surface area contributed by atoms with E-state index >= 15 is 0 Å². The average molecular weight is 368 g/mol. The molecular formula is C15H13IO3. The second-order valence-electron chi connectivity index (χ2n) is 4.07. The maximum Gasteiger partial charge on any atom is 0.314 e. The van der Waals surface area contributed by atoms with Crippen molar-refractivity contribution in [2.24, 2.45) is 0 Å². The van der Waals surface area contributed by atoms with Crippen LogP contribution in [0.2, 0.25) is 0 Å². The molecule has 3 nitrogen and oxygen atoms in total. The van der Waals surface area contributed by atoms with Crippen LogP contribution in [0.25, 0.3) is 0 Å². The maximum atomic E-state index is 11.3. The molecule has 1 atom stereocenters. The van der Waals surface area contributed by atoms with Crippen molar-refractivity contribution in [3.05, 3.63) is 63.7 Å². The second kappa shape index (κ2) is 6.56. The van der Waals surface area contributed by atoms with Crippen molar-refractivity contribution in [2.45, 2.75) is 5.92 Å². The summed E-state index contributed by atoms with van der Waals surface area (Å²) in [4.78, 5) is 11.3. The van der Waals surface area contributed by atoms with E-state index in [0.29, 0.717) is 5.75 Å². The first-order chi connectivity index (χ1) is 9.16. The summed E-state index contributed by atoms with van der Waals surface area (Å²) in [7, 11) is 0. The highest BCUT2D eigenvalue weighted by Crippen LogP contribution is 2.19. The maximum absolute atomic E-state index is 11.3. The number of carbonyl (C=O) groups is 1. The van der Waals surface area contributed by atoms with E-state index in [4.69, 9.17) is 4.74 Å². The predicted octanol–water partition coefficient (Wildman–Crippen LogP) is 3.54. The Morgan fingerprint density at radius 1 is 1.11 bits per heavy atom. The molecule has 0 bridgehead atoms. The third-order valence-corrected chi connectivity index (χ3v) is 3.45. The summed E-state index contributed by atoms with van der Waals surface area (Å²) in [5.74, 6) is -0.847. The summed E-state index contributed by atoms with van der Waals surface area (Å²) < 4.78 is 6.67. The van der Waals surface area contributed by atoms with E-state index in [1.54, 1.807) is 12.1 Å². The molecule has 19 heavy (non-hydrogen) atoms. The zero-order valence-electron chi connectivity index (χ0n) is 10.1. The molecule has 0 fully saturated rings. The van der Waals surface area contributed by atoms with Gasteiger partial charge in [-0.1, -0.05) is 30.3 Å². The lowest BCUT2D eigenvalue weighted by molar-refractivity contribution is -0.139. The molecule has 0 saturated heterocycles. The SMILES string of the molecule is O=C(O)C(COc1ccc(I)cc1)c1ccccc1. The number of hydrogen-bond acceptors (Lipinski definition) is 2. The summed E-state index contributed by atoms with van der Waals surface area (Å²) in [6.07, 6.45) is 0. The number of carboxylic acids is 1. The Hall–Kier alpha value is -1.56. The highest BCUT2D eigenvalue weighted by atomic mass is 127. The van der Waals surface area contributed by atoms with Gasteiger partial charge in [0.15, 0.2) is 0 Å². The van der Waals surface area contributed by atoms with Crippen molar-refractivity contribution in [1.29, 1.82) is 0 Å². The van der Waals surface area contributed by atoms with E-state index in [-0.39, 0.29) is 6.61 Å². The van der Waals surface area contributed by atoms with Gasteiger partial charge in [-0.15, -0.1) is 0 Å². The zero-order valence-corrected chi connectivity index (χ0v) is 12.3. The molecule has 2 rings (SSSR count). The monoisotopic (exact) mass is 368 g/mol. The molecule has 0 amide bonds. The van der Waals surface area contributed by atoms with Gasteiger partial charge >= 0.3 is 5.97 Å². The number of benzene rings is 2. The Balaban J connectivity index is 2.06. The third-order valence-electron chi connectivity index (χ3n) is 2.73. The van der Waals surface area contributed by atoms with Crippen molar-refractivity contribution >= 4 is 28.6 Å². The number of rotatable bonds is 5. The molecule has 0 radical (unpaired) electrons. The third kappa shape index (κ3) is 3.96. The van der Waals surface area contributed by atoms with Crippen molar-refractivity contribution < 1.29 is 14.6 Å². The van der Waals surface area contributed by atoms with Gasteiger partial charge in [0.25, 0.3) is 0 Å². The van der Waals surface area contributed by atoms with Gasteiger partial charge in [0.05, 0.1) is 0 Å². The second-order valence-corrected chi connectivity index (χ2v) is 5.31. The Kier molecular flexibility index (Phi) is 4.79. The van der Waals surface area contributed by atoms with Gasteiger partial charge in [-0.2, -0.15) is 0 Å². The number of carboxylic acid groups (broad SMARTS) is 1. The van der Waals surface area contributed by atoms with Gasteiger partial charge in [-0.05, 0) is 52.4 Å². The van der Waals surface area contributed by atoms with Crippen molar-refractivity contribution in [2.75, 3.05) is 6.61 Å². The summed E-state index contributed by atoms with van der Waals surface area (Å²) in [5.41, 5.74) is 0.750. The largest absolute Gasteiger partial charge is 0.492 e. The lowest BCUT2D eigenvalue weighted by atomic mass is 10.0. The topological polar surface area (TPSA) is 46.5 Å².